The zero-order valence-corrected chi connectivity index (χ0v) is 9.41. The molecule has 0 amide bonds. The molecular formula is C10H20OSi. The first-order valence-electron chi connectivity index (χ1n) is 4.65. The molecule has 0 rings (SSSR count). The Kier molecular flexibility index (Phi) is 7.10. The number of hydrogen-bond donors (Lipinski definition) is 0. The third-order valence-corrected chi connectivity index (χ3v) is 3.53. The molecule has 0 saturated carbocycles. The van der Waals surface area contributed by atoms with Gasteiger partial charge in [-0.1, -0.05) is 31.2 Å². The van der Waals surface area contributed by atoms with Crippen molar-refractivity contribution in [3.63, 3.8) is 0 Å². The molecule has 0 aliphatic carbocycles. The molecule has 0 heterocycles. The lowest BCUT2D eigenvalue weighted by Gasteiger charge is -2.15. The van der Waals surface area contributed by atoms with Gasteiger partial charge in [0.15, 0.2) is 0 Å². The van der Waals surface area contributed by atoms with Gasteiger partial charge in [-0.25, -0.2) is 0 Å². The van der Waals surface area contributed by atoms with E-state index in [9.17, 15) is 0 Å². The molecule has 0 bridgehead atoms. The van der Waals surface area contributed by atoms with E-state index in [0.29, 0.717) is 6.10 Å². The summed E-state index contributed by atoms with van der Waals surface area (Å²) in [5, 5.41) is 0. The van der Waals surface area contributed by atoms with Crippen LogP contribution in [0.2, 0.25) is 0 Å². The zero-order chi connectivity index (χ0) is 9.40. The molecule has 2 heteroatoms. The van der Waals surface area contributed by atoms with Gasteiger partial charge in [-0.05, 0) is 13.3 Å². The number of unbranched alkanes of at least 4 members (excludes halogenated alkanes) is 1. The standard InChI is InChI=1S/C10H20OSi/c1-5-8-9-10(4)11-12(6-2)7-3/h6-7,10,12H,2-3,5,8-9H2,1,4H3. The van der Waals surface area contributed by atoms with Crippen LogP contribution in [-0.2, 0) is 4.43 Å². The third-order valence-electron chi connectivity index (χ3n) is 1.82. The minimum atomic E-state index is -1.26. The molecular weight excluding hydrogens is 164 g/mol. The summed E-state index contributed by atoms with van der Waals surface area (Å²) >= 11 is 0. The number of rotatable bonds is 7. The van der Waals surface area contributed by atoms with Crippen molar-refractivity contribution >= 4 is 9.04 Å². The van der Waals surface area contributed by atoms with Crippen molar-refractivity contribution in [2.75, 3.05) is 0 Å². The molecule has 12 heavy (non-hydrogen) atoms. The molecule has 0 N–H and O–H groups in total. The Labute approximate surface area is 77.9 Å². The first kappa shape index (κ1) is 11.7. The highest BCUT2D eigenvalue weighted by Gasteiger charge is 2.07. The highest BCUT2D eigenvalue weighted by molar-refractivity contribution is 6.62. The zero-order valence-electron chi connectivity index (χ0n) is 8.25. The molecule has 0 spiro atoms. The lowest BCUT2D eigenvalue weighted by Crippen LogP contribution is -2.20. The monoisotopic (exact) mass is 184 g/mol. The van der Waals surface area contributed by atoms with Crippen LogP contribution in [0.4, 0.5) is 0 Å². The van der Waals surface area contributed by atoms with Crippen molar-refractivity contribution < 1.29 is 4.43 Å². The van der Waals surface area contributed by atoms with Gasteiger partial charge in [0.05, 0.1) is 0 Å². The topological polar surface area (TPSA) is 9.23 Å². The molecule has 0 aromatic rings. The molecule has 0 saturated heterocycles. The maximum absolute atomic E-state index is 5.75. The summed E-state index contributed by atoms with van der Waals surface area (Å²) in [4.78, 5) is 0. The van der Waals surface area contributed by atoms with Gasteiger partial charge in [0, 0.05) is 6.10 Å². The van der Waals surface area contributed by atoms with Crippen molar-refractivity contribution in [3.8, 4) is 0 Å². The van der Waals surface area contributed by atoms with E-state index in [1.54, 1.807) is 0 Å². The van der Waals surface area contributed by atoms with Crippen LogP contribution in [0.5, 0.6) is 0 Å². The first-order valence-corrected chi connectivity index (χ1v) is 6.45. The molecule has 0 aliphatic rings. The lowest BCUT2D eigenvalue weighted by molar-refractivity contribution is 0.215. The fourth-order valence-corrected chi connectivity index (χ4v) is 2.12. The molecule has 0 radical (unpaired) electrons. The highest BCUT2D eigenvalue weighted by atomic mass is 28.3. The van der Waals surface area contributed by atoms with Crippen LogP contribution in [-0.4, -0.2) is 15.1 Å². The Bertz CT molecular complexity index is 126. The van der Waals surface area contributed by atoms with Gasteiger partial charge in [-0.2, -0.15) is 0 Å². The van der Waals surface area contributed by atoms with Gasteiger partial charge < -0.3 is 4.43 Å². The summed E-state index contributed by atoms with van der Waals surface area (Å²) in [5.41, 5.74) is 3.82. The van der Waals surface area contributed by atoms with Gasteiger partial charge in [0.2, 0.25) is 9.04 Å². The summed E-state index contributed by atoms with van der Waals surface area (Å²) in [7, 11) is -1.26. The van der Waals surface area contributed by atoms with E-state index >= 15 is 0 Å². The van der Waals surface area contributed by atoms with Gasteiger partial charge in [-0.3, -0.25) is 0 Å². The first-order chi connectivity index (χ1) is 5.74. The van der Waals surface area contributed by atoms with Gasteiger partial charge in [0.1, 0.15) is 0 Å². The van der Waals surface area contributed by atoms with Crippen molar-refractivity contribution in [2.45, 2.75) is 39.2 Å². The van der Waals surface area contributed by atoms with E-state index in [1.165, 1.54) is 12.8 Å². The second-order valence-corrected chi connectivity index (χ2v) is 5.17. The molecule has 1 unspecified atom stereocenters. The Morgan fingerprint density at radius 2 is 2.00 bits per heavy atom. The summed E-state index contributed by atoms with van der Waals surface area (Å²) in [6.45, 7) is 11.8. The van der Waals surface area contributed by atoms with Crippen molar-refractivity contribution in [2.24, 2.45) is 0 Å². The van der Waals surface area contributed by atoms with Crippen LogP contribution in [0.25, 0.3) is 0 Å². The minimum absolute atomic E-state index is 0.373. The predicted octanol–water partition coefficient (Wildman–Crippen LogP) is 2.76. The summed E-state index contributed by atoms with van der Waals surface area (Å²) in [5.74, 6) is 0. The fraction of sp³-hybridized carbons (Fsp3) is 0.600. The van der Waals surface area contributed by atoms with E-state index in [0.717, 1.165) is 6.42 Å². The van der Waals surface area contributed by atoms with Crippen molar-refractivity contribution in [1.29, 1.82) is 0 Å². The summed E-state index contributed by atoms with van der Waals surface area (Å²) in [6, 6.07) is 0. The Morgan fingerprint density at radius 3 is 2.42 bits per heavy atom. The second-order valence-electron chi connectivity index (χ2n) is 3.02. The quantitative estimate of drug-likeness (QED) is 0.553. The van der Waals surface area contributed by atoms with Gasteiger partial charge >= 0.3 is 0 Å². The van der Waals surface area contributed by atoms with Crippen LogP contribution in [0.15, 0.2) is 24.6 Å². The van der Waals surface area contributed by atoms with E-state index < -0.39 is 9.04 Å². The van der Waals surface area contributed by atoms with E-state index in [1.807, 2.05) is 11.4 Å². The molecule has 0 aromatic carbocycles. The maximum atomic E-state index is 5.75. The normalized spacial score (nSPS) is 12.9. The largest absolute Gasteiger partial charge is 0.410 e. The second kappa shape index (κ2) is 7.31. The van der Waals surface area contributed by atoms with Crippen LogP contribution in [0.1, 0.15) is 33.1 Å². The average molecular weight is 184 g/mol. The van der Waals surface area contributed by atoms with Crippen LogP contribution < -0.4 is 0 Å². The van der Waals surface area contributed by atoms with E-state index in [2.05, 4.69) is 27.0 Å². The highest BCUT2D eigenvalue weighted by Crippen LogP contribution is 2.05. The number of hydrogen-bond acceptors (Lipinski definition) is 1. The Hall–Kier alpha value is -0.343. The van der Waals surface area contributed by atoms with Crippen LogP contribution in [0, 0.1) is 0 Å². The minimum Gasteiger partial charge on any atom is -0.410 e. The molecule has 0 fully saturated rings. The lowest BCUT2D eigenvalue weighted by atomic mass is 10.2. The van der Waals surface area contributed by atoms with Gasteiger partial charge in [0.25, 0.3) is 0 Å². The smallest absolute Gasteiger partial charge is 0.224 e. The van der Waals surface area contributed by atoms with Crippen molar-refractivity contribution in [3.05, 3.63) is 24.6 Å². The Balaban J connectivity index is 3.57. The van der Waals surface area contributed by atoms with Gasteiger partial charge in [-0.15, -0.1) is 13.2 Å². The maximum Gasteiger partial charge on any atom is 0.224 e. The third kappa shape index (κ3) is 5.33. The summed E-state index contributed by atoms with van der Waals surface area (Å²) < 4.78 is 5.75. The molecule has 1 nitrogen and oxygen atoms in total. The fourth-order valence-electron chi connectivity index (χ4n) is 1.04. The molecule has 70 valence electrons. The van der Waals surface area contributed by atoms with Crippen LogP contribution in [0.3, 0.4) is 0 Å². The van der Waals surface area contributed by atoms with Crippen molar-refractivity contribution in [1.82, 2.24) is 0 Å². The van der Waals surface area contributed by atoms with Crippen LogP contribution >= 0.6 is 0 Å². The SMILES string of the molecule is C=C[SiH](C=C)OC(C)CCCC. The Morgan fingerprint density at radius 1 is 1.42 bits per heavy atom. The average Bonchev–Trinajstić information content (AvgIpc) is 2.10. The molecule has 0 aromatic heterocycles. The molecule has 0 aliphatic heterocycles. The molecule has 1 atom stereocenters. The summed E-state index contributed by atoms with van der Waals surface area (Å²) in [6.07, 6.45) is 4.01. The van der Waals surface area contributed by atoms with E-state index in [-0.39, 0.29) is 0 Å². The predicted molar refractivity (Wildman–Crippen MR) is 57.6 cm³/mol. The van der Waals surface area contributed by atoms with E-state index in [4.69, 9.17) is 4.43 Å².